The fourth-order valence-corrected chi connectivity index (χ4v) is 5.16. The second-order valence-electron chi connectivity index (χ2n) is 10.6. The Balaban J connectivity index is 1.61. The molecule has 1 heterocycles. The molecule has 1 N–H and O–H groups in total. The largest absolute Gasteiger partial charge is 0.493 e. The maximum Gasteiger partial charge on any atom is 0.416 e. The van der Waals surface area contributed by atoms with E-state index in [-0.39, 0.29) is 30.5 Å². The Morgan fingerprint density at radius 2 is 1.53 bits per heavy atom. The number of amides is 2. The number of hydrogen-bond acceptors (Lipinski definition) is 5. The van der Waals surface area contributed by atoms with Gasteiger partial charge in [0.2, 0.25) is 11.7 Å². The van der Waals surface area contributed by atoms with E-state index in [0.717, 1.165) is 35.0 Å². The van der Waals surface area contributed by atoms with E-state index in [1.807, 2.05) is 37.4 Å². The number of para-hydroxylation sites is 1. The molecule has 0 radical (unpaired) electrons. The van der Waals surface area contributed by atoms with Gasteiger partial charge in [-0.1, -0.05) is 43.7 Å². The number of aromatic amines is 1. The quantitative estimate of drug-likeness (QED) is 0.168. The Bertz CT molecular complexity index is 1580. The van der Waals surface area contributed by atoms with Crippen molar-refractivity contribution in [2.24, 2.45) is 0 Å². The smallest absolute Gasteiger partial charge is 0.416 e. The second kappa shape index (κ2) is 14.9. The van der Waals surface area contributed by atoms with Crippen LogP contribution in [0.4, 0.5) is 13.2 Å². The molecule has 1 aromatic heterocycles. The number of carbonyl (C=O) groups is 2. The first kappa shape index (κ1) is 33.2. The van der Waals surface area contributed by atoms with Crippen LogP contribution in [0.3, 0.4) is 0 Å². The normalized spacial score (nSPS) is 11.4. The molecule has 0 spiro atoms. The molecule has 11 heteroatoms. The minimum Gasteiger partial charge on any atom is -0.493 e. The van der Waals surface area contributed by atoms with E-state index in [1.54, 1.807) is 17.0 Å². The number of halogens is 3. The van der Waals surface area contributed by atoms with Crippen molar-refractivity contribution in [1.29, 1.82) is 0 Å². The van der Waals surface area contributed by atoms with Crippen molar-refractivity contribution in [2.45, 2.75) is 38.9 Å². The minimum absolute atomic E-state index is 0.0827. The molecule has 0 saturated carbocycles. The van der Waals surface area contributed by atoms with E-state index < -0.39 is 11.7 Å². The van der Waals surface area contributed by atoms with Gasteiger partial charge in [-0.15, -0.1) is 0 Å². The molecule has 3 aromatic carbocycles. The van der Waals surface area contributed by atoms with Gasteiger partial charge in [-0.2, -0.15) is 13.2 Å². The van der Waals surface area contributed by atoms with Crippen molar-refractivity contribution in [3.05, 3.63) is 89.1 Å². The summed E-state index contributed by atoms with van der Waals surface area (Å²) in [5, 5.41) is 1.03. The molecule has 0 saturated heterocycles. The minimum atomic E-state index is -4.46. The lowest BCUT2D eigenvalue weighted by Gasteiger charge is -2.28. The molecule has 0 fully saturated rings. The number of H-pyrrole nitrogens is 1. The first-order valence-electron chi connectivity index (χ1n) is 14.7. The number of carbonyl (C=O) groups excluding carboxylic acids is 2. The highest BCUT2D eigenvalue weighted by Gasteiger charge is 2.30. The van der Waals surface area contributed by atoms with Crippen LogP contribution in [-0.4, -0.2) is 67.6 Å². The van der Waals surface area contributed by atoms with Crippen LogP contribution in [0, 0.1) is 0 Å². The summed E-state index contributed by atoms with van der Waals surface area (Å²) >= 11 is 0. The Kier molecular flexibility index (Phi) is 11.0. The average Bonchev–Trinajstić information content (AvgIpc) is 3.46. The first-order valence-corrected chi connectivity index (χ1v) is 14.7. The van der Waals surface area contributed by atoms with Crippen LogP contribution in [0.5, 0.6) is 17.2 Å². The number of aromatic nitrogens is 1. The number of hydrogen-bond donors (Lipinski definition) is 1. The van der Waals surface area contributed by atoms with Crippen LogP contribution in [0.1, 0.15) is 46.8 Å². The number of ether oxygens (including phenoxy) is 3. The highest BCUT2D eigenvalue weighted by atomic mass is 19.4. The van der Waals surface area contributed by atoms with Gasteiger partial charge in [0.1, 0.15) is 6.54 Å². The standard InChI is InChI=1S/C34H38F3N3O5/c1-5-6-16-40(33(42)25-18-29(43-2)32(45-4)30(19-25)44-3)22-31(41)39(21-23-11-13-26(14-12-23)34(35,36)37)17-15-24-20-38-28-10-8-7-9-27(24)28/h7-14,18-20,38H,5-6,15-17,21-22H2,1-4H3. The van der Waals surface area contributed by atoms with Gasteiger partial charge in [-0.3, -0.25) is 9.59 Å². The summed E-state index contributed by atoms with van der Waals surface area (Å²) in [6, 6.07) is 15.7. The predicted molar refractivity (Wildman–Crippen MR) is 166 cm³/mol. The van der Waals surface area contributed by atoms with Crippen molar-refractivity contribution < 1.29 is 37.0 Å². The number of nitrogens with one attached hydrogen (secondary N) is 1. The molecule has 0 aliphatic heterocycles. The SMILES string of the molecule is CCCCN(CC(=O)N(CCc1c[nH]c2ccccc12)Cc1ccc(C(F)(F)F)cc1)C(=O)c1cc(OC)c(OC)c(OC)c1. The molecular formula is C34H38F3N3O5. The zero-order chi connectivity index (χ0) is 32.6. The van der Waals surface area contributed by atoms with Crippen molar-refractivity contribution in [1.82, 2.24) is 14.8 Å². The summed E-state index contributed by atoms with van der Waals surface area (Å²) in [6.07, 6.45) is -0.601. The molecule has 0 bridgehead atoms. The van der Waals surface area contributed by atoms with E-state index in [2.05, 4.69) is 4.98 Å². The third-order valence-corrected chi connectivity index (χ3v) is 7.64. The lowest BCUT2D eigenvalue weighted by Crippen LogP contribution is -2.43. The number of rotatable bonds is 14. The molecule has 2 amide bonds. The van der Waals surface area contributed by atoms with Crippen molar-refractivity contribution in [3.8, 4) is 17.2 Å². The Hall–Kier alpha value is -4.67. The van der Waals surface area contributed by atoms with Crippen LogP contribution in [0.15, 0.2) is 66.9 Å². The molecule has 240 valence electrons. The molecule has 4 rings (SSSR count). The van der Waals surface area contributed by atoms with Crippen molar-refractivity contribution in [2.75, 3.05) is 41.0 Å². The number of alkyl halides is 3. The van der Waals surface area contributed by atoms with Crippen LogP contribution >= 0.6 is 0 Å². The maximum absolute atomic E-state index is 13.9. The molecule has 0 atom stereocenters. The van der Waals surface area contributed by atoms with E-state index in [1.165, 1.54) is 38.4 Å². The molecule has 0 aliphatic rings. The van der Waals surface area contributed by atoms with Crippen molar-refractivity contribution >= 4 is 22.7 Å². The summed E-state index contributed by atoms with van der Waals surface area (Å²) in [6.45, 7) is 2.47. The lowest BCUT2D eigenvalue weighted by atomic mass is 10.1. The Morgan fingerprint density at radius 3 is 2.13 bits per heavy atom. The third kappa shape index (κ3) is 8.09. The van der Waals surface area contributed by atoms with E-state index in [9.17, 15) is 22.8 Å². The Labute approximate surface area is 260 Å². The number of benzene rings is 3. The van der Waals surface area contributed by atoms with E-state index in [0.29, 0.717) is 48.7 Å². The monoisotopic (exact) mass is 625 g/mol. The fraction of sp³-hybridized carbons (Fsp3) is 0.353. The second-order valence-corrected chi connectivity index (χ2v) is 10.6. The Morgan fingerprint density at radius 1 is 0.867 bits per heavy atom. The molecular weight excluding hydrogens is 587 g/mol. The predicted octanol–water partition coefficient (Wildman–Crippen LogP) is 6.73. The number of nitrogens with zero attached hydrogens (tertiary/aromatic N) is 2. The third-order valence-electron chi connectivity index (χ3n) is 7.64. The maximum atomic E-state index is 13.9. The van der Waals surface area contributed by atoms with Crippen LogP contribution in [0.2, 0.25) is 0 Å². The number of unbranched alkanes of at least 4 members (excludes halogenated alkanes) is 1. The van der Waals surface area contributed by atoms with Crippen LogP contribution in [0.25, 0.3) is 10.9 Å². The number of methoxy groups -OCH3 is 3. The van der Waals surface area contributed by atoms with Crippen LogP contribution < -0.4 is 14.2 Å². The molecule has 0 unspecified atom stereocenters. The molecule has 0 aliphatic carbocycles. The average molecular weight is 626 g/mol. The van der Waals surface area contributed by atoms with Gasteiger partial charge in [-0.05, 0) is 54.3 Å². The van der Waals surface area contributed by atoms with Gasteiger partial charge >= 0.3 is 6.18 Å². The lowest BCUT2D eigenvalue weighted by molar-refractivity contribution is -0.137. The van der Waals surface area contributed by atoms with Gasteiger partial charge in [0.05, 0.1) is 26.9 Å². The molecule has 4 aromatic rings. The van der Waals surface area contributed by atoms with Gasteiger partial charge in [0, 0.05) is 42.3 Å². The molecule has 8 nitrogen and oxygen atoms in total. The van der Waals surface area contributed by atoms with Crippen LogP contribution in [-0.2, 0) is 23.9 Å². The summed E-state index contributed by atoms with van der Waals surface area (Å²) in [7, 11) is 4.38. The molecule has 45 heavy (non-hydrogen) atoms. The fourth-order valence-electron chi connectivity index (χ4n) is 5.16. The van der Waals surface area contributed by atoms with E-state index >= 15 is 0 Å². The zero-order valence-corrected chi connectivity index (χ0v) is 25.9. The summed E-state index contributed by atoms with van der Waals surface area (Å²) in [5.41, 5.74) is 2.03. The first-order chi connectivity index (χ1) is 21.6. The van der Waals surface area contributed by atoms with Gasteiger partial charge in [-0.25, -0.2) is 0 Å². The summed E-state index contributed by atoms with van der Waals surface area (Å²) in [4.78, 5) is 34.1. The van der Waals surface area contributed by atoms with Gasteiger partial charge in [0.15, 0.2) is 11.5 Å². The van der Waals surface area contributed by atoms with Crippen molar-refractivity contribution in [3.63, 3.8) is 0 Å². The van der Waals surface area contributed by atoms with Gasteiger partial charge < -0.3 is 29.0 Å². The highest BCUT2D eigenvalue weighted by Crippen LogP contribution is 2.38. The highest BCUT2D eigenvalue weighted by molar-refractivity contribution is 5.97. The number of fused-ring (bicyclic) bond motifs is 1. The zero-order valence-electron chi connectivity index (χ0n) is 25.9. The topological polar surface area (TPSA) is 84.1 Å². The van der Waals surface area contributed by atoms with Gasteiger partial charge in [0.25, 0.3) is 5.91 Å². The van der Waals surface area contributed by atoms with E-state index in [4.69, 9.17) is 14.2 Å². The summed E-state index contributed by atoms with van der Waals surface area (Å²) in [5.74, 6) is 0.246. The summed E-state index contributed by atoms with van der Waals surface area (Å²) < 4.78 is 55.8.